The van der Waals surface area contributed by atoms with E-state index < -0.39 is 0 Å². The lowest BCUT2D eigenvalue weighted by atomic mass is 10.2. The summed E-state index contributed by atoms with van der Waals surface area (Å²) in [6, 6.07) is 14.0. The van der Waals surface area contributed by atoms with E-state index in [4.69, 9.17) is 0 Å². The second kappa shape index (κ2) is 8.54. The smallest absolute Gasteiger partial charge is 0.308 e. The molecule has 3 aromatic rings. The first kappa shape index (κ1) is 19.4. The van der Waals surface area contributed by atoms with Gasteiger partial charge in [-0.2, -0.15) is 0 Å². The highest BCUT2D eigenvalue weighted by Crippen LogP contribution is 2.17. The molecule has 7 heteroatoms. The minimum atomic E-state index is -0.318. The number of aromatic nitrogens is 1. The average molecular weight is 403 g/mol. The van der Waals surface area contributed by atoms with Crippen molar-refractivity contribution in [2.45, 2.75) is 24.9 Å². The molecule has 0 radical (unpaired) electrons. The molecule has 140 valence electrons. The zero-order chi connectivity index (χ0) is 19.4. The standard InChI is InChI=1S/C20H19FN2O2S2/c1-13-18(19(24)22-11-14-3-7-16(21)8-4-14)27-20(25)23(13)12-15-5-9-17(26-2)10-6-15/h3-10H,11-12H2,1-2H3,(H,22,24). The van der Waals surface area contributed by atoms with Crippen LogP contribution in [0.15, 0.2) is 58.2 Å². The molecule has 0 unspecified atom stereocenters. The van der Waals surface area contributed by atoms with Crippen LogP contribution in [0, 0.1) is 12.7 Å². The van der Waals surface area contributed by atoms with E-state index in [0.717, 1.165) is 27.4 Å². The van der Waals surface area contributed by atoms with Gasteiger partial charge in [0.2, 0.25) is 0 Å². The van der Waals surface area contributed by atoms with Gasteiger partial charge < -0.3 is 5.32 Å². The molecular weight excluding hydrogens is 383 g/mol. The van der Waals surface area contributed by atoms with Crippen molar-refractivity contribution >= 4 is 29.0 Å². The molecule has 0 aliphatic heterocycles. The van der Waals surface area contributed by atoms with Crippen LogP contribution in [0.25, 0.3) is 0 Å². The van der Waals surface area contributed by atoms with Crippen LogP contribution in [0.3, 0.4) is 0 Å². The van der Waals surface area contributed by atoms with Gasteiger partial charge >= 0.3 is 4.87 Å². The topological polar surface area (TPSA) is 51.1 Å². The van der Waals surface area contributed by atoms with Crippen LogP contribution in [-0.2, 0) is 13.1 Å². The van der Waals surface area contributed by atoms with Gasteiger partial charge in [-0.15, -0.1) is 11.8 Å². The maximum atomic E-state index is 12.9. The Balaban J connectivity index is 1.72. The monoisotopic (exact) mass is 402 g/mol. The van der Waals surface area contributed by atoms with E-state index >= 15 is 0 Å². The first-order valence-electron chi connectivity index (χ1n) is 8.33. The number of hydrogen-bond acceptors (Lipinski definition) is 4. The number of nitrogens with zero attached hydrogens (tertiary/aromatic N) is 1. The summed E-state index contributed by atoms with van der Waals surface area (Å²) >= 11 is 2.61. The number of thioether (sulfide) groups is 1. The number of amides is 1. The maximum Gasteiger partial charge on any atom is 0.308 e. The number of carbonyl (C=O) groups is 1. The second-order valence-corrected chi connectivity index (χ2v) is 7.87. The van der Waals surface area contributed by atoms with Crippen molar-refractivity contribution in [3.8, 4) is 0 Å². The van der Waals surface area contributed by atoms with E-state index in [9.17, 15) is 14.0 Å². The summed E-state index contributed by atoms with van der Waals surface area (Å²) in [6.45, 7) is 2.49. The first-order chi connectivity index (χ1) is 13.0. The summed E-state index contributed by atoms with van der Waals surface area (Å²) in [5.74, 6) is -0.614. The largest absolute Gasteiger partial charge is 0.347 e. The minimum absolute atomic E-state index is 0.159. The zero-order valence-corrected chi connectivity index (χ0v) is 16.6. The molecule has 2 aromatic carbocycles. The fourth-order valence-corrected chi connectivity index (χ4v) is 3.97. The Hall–Kier alpha value is -2.38. The third-order valence-corrected chi connectivity index (χ3v) is 6.04. The highest BCUT2D eigenvalue weighted by Gasteiger charge is 2.17. The number of carbonyl (C=O) groups excluding carboxylic acids is 1. The van der Waals surface area contributed by atoms with E-state index in [1.54, 1.807) is 35.4 Å². The predicted molar refractivity (Wildman–Crippen MR) is 108 cm³/mol. The van der Waals surface area contributed by atoms with Gasteiger partial charge in [0.25, 0.3) is 5.91 Å². The number of benzene rings is 2. The van der Waals surface area contributed by atoms with Crippen molar-refractivity contribution in [1.29, 1.82) is 0 Å². The molecule has 0 fully saturated rings. The molecule has 1 heterocycles. The van der Waals surface area contributed by atoms with Gasteiger partial charge in [-0.25, -0.2) is 4.39 Å². The Labute approximate surface area is 165 Å². The van der Waals surface area contributed by atoms with Crippen LogP contribution < -0.4 is 10.2 Å². The van der Waals surface area contributed by atoms with Crippen molar-refractivity contribution < 1.29 is 9.18 Å². The van der Waals surface area contributed by atoms with Crippen LogP contribution >= 0.6 is 23.1 Å². The molecule has 1 amide bonds. The van der Waals surface area contributed by atoms with Gasteiger partial charge in [0.05, 0.1) is 6.54 Å². The maximum absolute atomic E-state index is 12.9. The molecule has 4 nitrogen and oxygen atoms in total. The van der Waals surface area contributed by atoms with Gasteiger partial charge in [-0.3, -0.25) is 14.2 Å². The molecule has 0 saturated heterocycles. The summed E-state index contributed by atoms with van der Waals surface area (Å²) in [5.41, 5.74) is 2.45. The van der Waals surface area contributed by atoms with E-state index in [1.807, 2.05) is 30.5 Å². The second-order valence-electron chi connectivity index (χ2n) is 6.03. The van der Waals surface area contributed by atoms with Crippen LogP contribution in [0.2, 0.25) is 0 Å². The summed E-state index contributed by atoms with van der Waals surface area (Å²) in [4.78, 5) is 26.2. The van der Waals surface area contributed by atoms with Crippen LogP contribution in [0.1, 0.15) is 26.5 Å². The molecule has 27 heavy (non-hydrogen) atoms. The SMILES string of the molecule is CSc1ccc(Cn2c(C)c(C(=O)NCc3ccc(F)cc3)sc2=O)cc1. The van der Waals surface area contributed by atoms with E-state index in [-0.39, 0.29) is 23.1 Å². The predicted octanol–water partition coefficient (Wildman–Crippen LogP) is 4.06. The molecule has 1 aromatic heterocycles. The van der Waals surface area contributed by atoms with E-state index in [2.05, 4.69) is 5.32 Å². The van der Waals surface area contributed by atoms with E-state index in [0.29, 0.717) is 17.1 Å². The van der Waals surface area contributed by atoms with Crippen LogP contribution in [0.5, 0.6) is 0 Å². The number of rotatable bonds is 6. The summed E-state index contributed by atoms with van der Waals surface area (Å²) in [7, 11) is 0. The summed E-state index contributed by atoms with van der Waals surface area (Å²) < 4.78 is 14.6. The molecule has 0 saturated carbocycles. The third-order valence-electron chi connectivity index (χ3n) is 4.22. The van der Waals surface area contributed by atoms with Gasteiger partial charge in [0.1, 0.15) is 10.7 Å². The molecule has 1 N–H and O–H groups in total. The minimum Gasteiger partial charge on any atom is -0.347 e. The van der Waals surface area contributed by atoms with Crippen LogP contribution in [-0.4, -0.2) is 16.7 Å². The average Bonchev–Trinajstić information content (AvgIpc) is 2.96. The van der Waals surface area contributed by atoms with E-state index in [1.165, 1.54) is 12.1 Å². The molecular formula is C20H19FN2O2S2. The Bertz CT molecular complexity index is 992. The number of halogens is 1. The first-order valence-corrected chi connectivity index (χ1v) is 10.4. The van der Waals surface area contributed by atoms with Crippen molar-refractivity contribution in [1.82, 2.24) is 9.88 Å². The van der Waals surface area contributed by atoms with Gasteiger partial charge in [-0.05, 0) is 48.6 Å². The quantitative estimate of drug-likeness (QED) is 0.633. The highest BCUT2D eigenvalue weighted by atomic mass is 32.2. The van der Waals surface area contributed by atoms with Gasteiger partial charge in [0, 0.05) is 17.1 Å². The molecule has 0 atom stereocenters. The molecule has 0 aliphatic rings. The lowest BCUT2D eigenvalue weighted by Crippen LogP contribution is -2.23. The van der Waals surface area contributed by atoms with Gasteiger partial charge in [-0.1, -0.05) is 35.6 Å². The normalized spacial score (nSPS) is 10.8. The third kappa shape index (κ3) is 4.67. The fourth-order valence-electron chi connectivity index (χ4n) is 2.65. The highest BCUT2D eigenvalue weighted by molar-refractivity contribution is 7.98. The zero-order valence-electron chi connectivity index (χ0n) is 15.0. The molecule has 0 aliphatic carbocycles. The van der Waals surface area contributed by atoms with Crippen molar-refractivity contribution in [3.63, 3.8) is 0 Å². The van der Waals surface area contributed by atoms with Crippen LogP contribution in [0.4, 0.5) is 4.39 Å². The molecule has 0 bridgehead atoms. The Morgan fingerprint density at radius 2 is 1.74 bits per heavy atom. The fraction of sp³-hybridized carbons (Fsp3) is 0.200. The van der Waals surface area contributed by atoms with Crippen molar-refractivity contribution in [3.05, 3.63) is 85.7 Å². The molecule has 0 spiro atoms. The summed E-state index contributed by atoms with van der Waals surface area (Å²) in [5, 5.41) is 2.79. The number of thiazole rings is 1. The molecule has 3 rings (SSSR count). The Kier molecular flexibility index (Phi) is 6.13. The van der Waals surface area contributed by atoms with Gasteiger partial charge in [0.15, 0.2) is 0 Å². The Morgan fingerprint density at radius 3 is 2.37 bits per heavy atom. The number of nitrogens with one attached hydrogen (secondary N) is 1. The van der Waals surface area contributed by atoms with Crippen molar-refractivity contribution in [2.75, 3.05) is 6.26 Å². The summed E-state index contributed by atoms with van der Waals surface area (Å²) in [6.07, 6.45) is 2.01. The number of hydrogen-bond donors (Lipinski definition) is 1. The lowest BCUT2D eigenvalue weighted by Gasteiger charge is -2.08. The van der Waals surface area contributed by atoms with Crippen molar-refractivity contribution in [2.24, 2.45) is 0 Å². The Morgan fingerprint density at radius 1 is 1.11 bits per heavy atom. The lowest BCUT2D eigenvalue weighted by molar-refractivity contribution is 0.0954.